The Bertz CT molecular complexity index is 652. The maximum atomic E-state index is 12.3. The Morgan fingerprint density at radius 1 is 0.875 bits per heavy atom. The van der Waals surface area contributed by atoms with Crippen LogP contribution in [0.25, 0.3) is 0 Å². The van der Waals surface area contributed by atoms with Crippen molar-refractivity contribution in [1.82, 2.24) is 0 Å². The molecule has 126 valence electrons. The van der Waals surface area contributed by atoms with Crippen LogP contribution in [0.2, 0.25) is 0 Å². The lowest BCUT2D eigenvalue weighted by atomic mass is 9.87. The van der Waals surface area contributed by atoms with Gasteiger partial charge < -0.3 is 9.84 Å². The van der Waals surface area contributed by atoms with Gasteiger partial charge in [0.05, 0.1) is 18.4 Å². The number of carboxylic acid groups (broad SMARTS) is 1. The van der Waals surface area contributed by atoms with Gasteiger partial charge >= 0.3 is 11.9 Å². The first-order valence-electron chi connectivity index (χ1n) is 8.12. The average Bonchev–Trinajstić information content (AvgIpc) is 2.60. The first-order chi connectivity index (χ1) is 11.6. The maximum Gasteiger partial charge on any atom is 0.313 e. The number of ether oxygens (including phenoxy) is 1. The van der Waals surface area contributed by atoms with E-state index in [9.17, 15) is 14.7 Å². The van der Waals surface area contributed by atoms with Crippen LogP contribution in [0.15, 0.2) is 60.7 Å². The van der Waals surface area contributed by atoms with E-state index in [1.807, 2.05) is 48.5 Å². The van der Waals surface area contributed by atoms with Crippen molar-refractivity contribution >= 4 is 11.9 Å². The molecule has 0 amide bonds. The Hall–Kier alpha value is -2.62. The first-order valence-corrected chi connectivity index (χ1v) is 8.12. The minimum atomic E-state index is -0.878. The SMILES string of the molecule is CCOC(=O)[C@H](CC[C@@H](C(=O)O)c1ccccc1)c1ccccc1. The Morgan fingerprint density at radius 3 is 1.79 bits per heavy atom. The molecule has 0 aliphatic carbocycles. The average molecular weight is 326 g/mol. The third-order valence-corrected chi connectivity index (χ3v) is 4.02. The van der Waals surface area contributed by atoms with Gasteiger partial charge in [0.1, 0.15) is 0 Å². The molecule has 0 bridgehead atoms. The predicted octanol–water partition coefficient (Wildman–Crippen LogP) is 3.98. The number of carboxylic acids is 1. The van der Waals surface area contributed by atoms with E-state index in [1.54, 1.807) is 19.1 Å². The lowest BCUT2D eigenvalue weighted by Gasteiger charge is -2.19. The summed E-state index contributed by atoms with van der Waals surface area (Å²) in [4.78, 5) is 23.9. The topological polar surface area (TPSA) is 63.6 Å². The molecule has 0 aliphatic rings. The molecule has 0 aliphatic heterocycles. The van der Waals surface area contributed by atoms with Gasteiger partial charge in [-0.2, -0.15) is 0 Å². The summed E-state index contributed by atoms with van der Waals surface area (Å²) in [6.45, 7) is 2.08. The standard InChI is InChI=1S/C20H22O4/c1-2-24-20(23)18(16-11-7-4-8-12-16)14-13-17(19(21)22)15-9-5-3-6-10-15/h3-12,17-18H,2,13-14H2,1H3,(H,21,22)/t17-,18-/m1/s1. The Morgan fingerprint density at radius 2 is 1.33 bits per heavy atom. The van der Waals surface area contributed by atoms with Crippen LogP contribution < -0.4 is 0 Å². The van der Waals surface area contributed by atoms with E-state index >= 15 is 0 Å². The molecule has 2 aromatic carbocycles. The van der Waals surface area contributed by atoms with Crippen LogP contribution in [0, 0.1) is 0 Å². The van der Waals surface area contributed by atoms with E-state index in [1.165, 1.54) is 0 Å². The monoisotopic (exact) mass is 326 g/mol. The van der Waals surface area contributed by atoms with E-state index in [4.69, 9.17) is 4.74 Å². The van der Waals surface area contributed by atoms with Crippen molar-refractivity contribution in [3.63, 3.8) is 0 Å². The van der Waals surface area contributed by atoms with E-state index in [2.05, 4.69) is 0 Å². The molecule has 2 aromatic rings. The summed E-state index contributed by atoms with van der Waals surface area (Å²) in [5, 5.41) is 9.54. The Balaban J connectivity index is 2.16. The minimum absolute atomic E-state index is 0.305. The van der Waals surface area contributed by atoms with Crippen LogP contribution in [0.3, 0.4) is 0 Å². The predicted molar refractivity (Wildman–Crippen MR) is 91.9 cm³/mol. The molecule has 0 unspecified atom stereocenters. The van der Waals surface area contributed by atoms with Crippen molar-refractivity contribution in [3.05, 3.63) is 71.8 Å². The third-order valence-electron chi connectivity index (χ3n) is 4.02. The van der Waals surface area contributed by atoms with Crippen molar-refractivity contribution in [2.75, 3.05) is 6.61 Å². The molecule has 24 heavy (non-hydrogen) atoms. The molecule has 1 N–H and O–H groups in total. The van der Waals surface area contributed by atoms with Crippen molar-refractivity contribution in [2.24, 2.45) is 0 Å². The fourth-order valence-corrected chi connectivity index (χ4v) is 2.80. The van der Waals surface area contributed by atoms with E-state index in [-0.39, 0.29) is 5.97 Å². The number of hydrogen-bond acceptors (Lipinski definition) is 3. The van der Waals surface area contributed by atoms with Gasteiger partial charge in [0.25, 0.3) is 0 Å². The van der Waals surface area contributed by atoms with E-state index in [0.29, 0.717) is 19.4 Å². The number of carbonyl (C=O) groups is 2. The molecule has 0 aromatic heterocycles. The van der Waals surface area contributed by atoms with E-state index < -0.39 is 17.8 Å². The summed E-state index contributed by atoms with van der Waals surface area (Å²) in [6.07, 6.45) is 0.798. The quantitative estimate of drug-likeness (QED) is 0.745. The van der Waals surface area contributed by atoms with Crippen LogP contribution in [0.5, 0.6) is 0 Å². The molecular weight excluding hydrogens is 304 g/mol. The summed E-state index contributed by atoms with van der Waals surface area (Å²) in [7, 11) is 0. The zero-order valence-corrected chi connectivity index (χ0v) is 13.7. The summed E-state index contributed by atoms with van der Waals surface area (Å²) in [5.74, 6) is -2.26. The second-order valence-electron chi connectivity index (χ2n) is 5.59. The summed E-state index contributed by atoms with van der Waals surface area (Å²) in [5.41, 5.74) is 1.61. The van der Waals surface area contributed by atoms with Crippen molar-refractivity contribution in [3.8, 4) is 0 Å². The highest BCUT2D eigenvalue weighted by Gasteiger charge is 2.26. The lowest BCUT2D eigenvalue weighted by molar-refractivity contribution is -0.146. The summed E-state index contributed by atoms with van der Waals surface area (Å²) >= 11 is 0. The largest absolute Gasteiger partial charge is 0.481 e. The highest BCUT2D eigenvalue weighted by Crippen LogP contribution is 2.29. The van der Waals surface area contributed by atoms with Gasteiger partial charge in [-0.25, -0.2) is 0 Å². The third kappa shape index (κ3) is 4.69. The van der Waals surface area contributed by atoms with Crippen LogP contribution in [-0.2, 0) is 14.3 Å². The lowest BCUT2D eigenvalue weighted by Crippen LogP contribution is -2.19. The van der Waals surface area contributed by atoms with Gasteiger partial charge in [-0.3, -0.25) is 9.59 Å². The highest BCUT2D eigenvalue weighted by molar-refractivity contribution is 5.79. The molecule has 0 saturated carbocycles. The fourth-order valence-electron chi connectivity index (χ4n) is 2.80. The summed E-state index contributed by atoms with van der Waals surface area (Å²) < 4.78 is 5.17. The molecule has 2 atom stereocenters. The number of benzene rings is 2. The molecule has 4 heteroatoms. The highest BCUT2D eigenvalue weighted by atomic mass is 16.5. The molecular formula is C20H22O4. The van der Waals surface area contributed by atoms with Crippen molar-refractivity contribution < 1.29 is 19.4 Å². The number of hydrogen-bond donors (Lipinski definition) is 1. The Labute approximate surface area is 142 Å². The van der Waals surface area contributed by atoms with Crippen LogP contribution in [-0.4, -0.2) is 23.7 Å². The van der Waals surface area contributed by atoms with Gasteiger partial charge in [0.2, 0.25) is 0 Å². The van der Waals surface area contributed by atoms with Gasteiger partial charge in [-0.15, -0.1) is 0 Å². The molecule has 0 heterocycles. The zero-order valence-electron chi connectivity index (χ0n) is 13.7. The second-order valence-corrected chi connectivity index (χ2v) is 5.59. The molecule has 0 saturated heterocycles. The fraction of sp³-hybridized carbons (Fsp3) is 0.300. The molecule has 2 rings (SSSR count). The summed E-state index contributed by atoms with van der Waals surface area (Å²) in [6, 6.07) is 18.5. The van der Waals surface area contributed by atoms with Crippen LogP contribution in [0.4, 0.5) is 0 Å². The Kier molecular flexibility index (Phi) is 6.55. The molecule has 0 fully saturated rings. The number of aliphatic carboxylic acids is 1. The van der Waals surface area contributed by atoms with Crippen LogP contribution >= 0.6 is 0 Å². The first kappa shape index (κ1) is 17.7. The smallest absolute Gasteiger partial charge is 0.313 e. The maximum absolute atomic E-state index is 12.3. The van der Waals surface area contributed by atoms with E-state index in [0.717, 1.165) is 11.1 Å². The van der Waals surface area contributed by atoms with Gasteiger partial charge in [0, 0.05) is 0 Å². The number of carbonyl (C=O) groups excluding carboxylic acids is 1. The number of rotatable bonds is 8. The molecule has 0 spiro atoms. The zero-order chi connectivity index (χ0) is 17.4. The second kappa shape index (κ2) is 8.87. The van der Waals surface area contributed by atoms with Crippen LogP contribution in [0.1, 0.15) is 42.7 Å². The molecule has 4 nitrogen and oxygen atoms in total. The van der Waals surface area contributed by atoms with Gasteiger partial charge in [-0.05, 0) is 30.9 Å². The minimum Gasteiger partial charge on any atom is -0.481 e. The van der Waals surface area contributed by atoms with Crippen molar-refractivity contribution in [1.29, 1.82) is 0 Å². The molecule has 0 radical (unpaired) electrons. The van der Waals surface area contributed by atoms with Crippen molar-refractivity contribution in [2.45, 2.75) is 31.6 Å². The number of esters is 1. The van der Waals surface area contributed by atoms with Gasteiger partial charge in [0.15, 0.2) is 0 Å². The normalized spacial score (nSPS) is 13.0. The van der Waals surface area contributed by atoms with Gasteiger partial charge in [-0.1, -0.05) is 60.7 Å².